The van der Waals surface area contributed by atoms with Crippen LogP contribution in [0.3, 0.4) is 0 Å². The van der Waals surface area contributed by atoms with Crippen LogP contribution < -0.4 is 10.9 Å². The van der Waals surface area contributed by atoms with Crippen LogP contribution in [0.15, 0.2) is 47.3 Å². The lowest BCUT2D eigenvalue weighted by Gasteiger charge is -2.16. The lowest BCUT2D eigenvalue weighted by Crippen LogP contribution is -2.23. The fraction of sp³-hybridized carbons (Fsp3) is 0.222. The smallest absolute Gasteiger partial charge is 0.293 e. The maximum Gasteiger partial charge on any atom is 0.293 e. The number of benzene rings is 2. The number of aromatic amines is 1. The fourth-order valence-corrected chi connectivity index (χ4v) is 2.78. The number of aromatic nitrogens is 2. The van der Waals surface area contributed by atoms with Crippen molar-refractivity contribution in [3.8, 4) is 11.3 Å². The molecular formula is C18H18N4O4. The molecule has 1 atom stereocenters. The summed E-state index contributed by atoms with van der Waals surface area (Å²) in [5.41, 5.74) is 0.876. The molecular weight excluding hydrogens is 336 g/mol. The highest BCUT2D eigenvalue weighted by Gasteiger charge is 2.19. The van der Waals surface area contributed by atoms with Crippen LogP contribution >= 0.6 is 0 Å². The van der Waals surface area contributed by atoms with Crippen molar-refractivity contribution in [1.82, 2.24) is 10.2 Å². The molecule has 8 heteroatoms. The van der Waals surface area contributed by atoms with E-state index < -0.39 is 4.92 Å². The normalized spacial score (nSPS) is 12.1. The van der Waals surface area contributed by atoms with Gasteiger partial charge in [0.1, 0.15) is 5.69 Å². The van der Waals surface area contributed by atoms with Crippen LogP contribution in [0, 0.1) is 10.1 Å². The van der Waals surface area contributed by atoms with Crippen molar-refractivity contribution < 1.29 is 10.0 Å². The second-order valence-electron chi connectivity index (χ2n) is 5.87. The van der Waals surface area contributed by atoms with Gasteiger partial charge in [0, 0.05) is 23.1 Å². The van der Waals surface area contributed by atoms with E-state index in [1.54, 1.807) is 36.4 Å². The minimum absolute atomic E-state index is 0.119. The summed E-state index contributed by atoms with van der Waals surface area (Å²) < 4.78 is 0. The van der Waals surface area contributed by atoms with E-state index in [4.69, 9.17) is 0 Å². The molecule has 0 aliphatic heterocycles. The predicted octanol–water partition coefficient (Wildman–Crippen LogP) is 2.68. The zero-order valence-electron chi connectivity index (χ0n) is 14.1. The summed E-state index contributed by atoms with van der Waals surface area (Å²) in [5.74, 6) is 0. The number of nitrogens with zero attached hydrogens (tertiary/aromatic N) is 2. The molecule has 0 fully saturated rings. The summed E-state index contributed by atoms with van der Waals surface area (Å²) in [4.78, 5) is 22.9. The summed E-state index contributed by atoms with van der Waals surface area (Å²) in [6, 6.07) is 11.4. The molecule has 134 valence electrons. The van der Waals surface area contributed by atoms with E-state index in [1.807, 2.05) is 6.92 Å². The number of H-pyrrole nitrogens is 1. The van der Waals surface area contributed by atoms with Crippen LogP contribution in [0.5, 0.6) is 0 Å². The Morgan fingerprint density at radius 3 is 2.65 bits per heavy atom. The third-order valence-corrected chi connectivity index (χ3v) is 4.24. The van der Waals surface area contributed by atoms with Crippen LogP contribution in [-0.4, -0.2) is 32.9 Å². The number of nitrogens with one attached hydrogen (secondary N) is 2. The third-order valence-electron chi connectivity index (χ3n) is 4.24. The molecule has 2 aromatic carbocycles. The number of aliphatic hydroxyl groups is 1. The van der Waals surface area contributed by atoms with Crippen molar-refractivity contribution in [1.29, 1.82) is 0 Å². The van der Waals surface area contributed by atoms with E-state index in [1.165, 1.54) is 6.07 Å². The van der Waals surface area contributed by atoms with Gasteiger partial charge in [0.15, 0.2) is 0 Å². The SMILES string of the molecule is CC[C@H](CO)Nc1ccc(-c2n[nH]c(=O)c3ccccc23)cc1[N+](=O)[O-]. The van der Waals surface area contributed by atoms with Gasteiger partial charge in [-0.2, -0.15) is 5.10 Å². The molecule has 0 radical (unpaired) electrons. The Hall–Kier alpha value is -3.26. The van der Waals surface area contributed by atoms with Gasteiger partial charge in [-0.05, 0) is 18.6 Å². The van der Waals surface area contributed by atoms with Gasteiger partial charge in [0.25, 0.3) is 11.2 Å². The van der Waals surface area contributed by atoms with Crippen molar-refractivity contribution in [2.75, 3.05) is 11.9 Å². The number of hydrogen-bond donors (Lipinski definition) is 3. The Morgan fingerprint density at radius 1 is 1.27 bits per heavy atom. The minimum Gasteiger partial charge on any atom is -0.394 e. The molecule has 3 N–H and O–H groups in total. The number of rotatable bonds is 6. The Morgan fingerprint density at radius 2 is 2.00 bits per heavy atom. The van der Waals surface area contributed by atoms with Gasteiger partial charge in [-0.1, -0.05) is 31.2 Å². The van der Waals surface area contributed by atoms with E-state index in [0.29, 0.717) is 34.1 Å². The van der Waals surface area contributed by atoms with E-state index in [0.717, 1.165) is 0 Å². The molecule has 1 aromatic heterocycles. The van der Waals surface area contributed by atoms with Gasteiger partial charge in [-0.25, -0.2) is 5.10 Å². The summed E-state index contributed by atoms with van der Waals surface area (Å²) in [6.45, 7) is 1.76. The van der Waals surface area contributed by atoms with Crippen molar-refractivity contribution in [2.24, 2.45) is 0 Å². The highest BCUT2D eigenvalue weighted by molar-refractivity contribution is 5.94. The predicted molar refractivity (Wildman–Crippen MR) is 99.2 cm³/mol. The lowest BCUT2D eigenvalue weighted by atomic mass is 10.0. The molecule has 0 spiro atoms. The Bertz CT molecular complexity index is 1010. The molecule has 3 aromatic rings. The summed E-state index contributed by atoms with van der Waals surface area (Å²) in [7, 11) is 0. The molecule has 0 unspecified atom stereocenters. The number of aliphatic hydroxyl groups excluding tert-OH is 1. The maximum atomic E-state index is 11.9. The topological polar surface area (TPSA) is 121 Å². The Balaban J connectivity index is 2.13. The average molecular weight is 354 g/mol. The second-order valence-corrected chi connectivity index (χ2v) is 5.87. The van der Waals surface area contributed by atoms with Crippen LogP contribution in [0.1, 0.15) is 13.3 Å². The Labute approximate surface area is 148 Å². The molecule has 0 saturated heterocycles. The van der Waals surface area contributed by atoms with Crippen molar-refractivity contribution in [3.05, 3.63) is 62.9 Å². The molecule has 0 aliphatic rings. The van der Waals surface area contributed by atoms with E-state index in [9.17, 15) is 20.0 Å². The summed E-state index contributed by atoms with van der Waals surface area (Å²) in [6.07, 6.45) is 0.627. The van der Waals surface area contributed by atoms with Crippen LogP contribution in [0.4, 0.5) is 11.4 Å². The van der Waals surface area contributed by atoms with Gasteiger partial charge in [-0.3, -0.25) is 14.9 Å². The zero-order valence-corrected chi connectivity index (χ0v) is 14.1. The standard InChI is InChI=1S/C18H18N4O4/c1-2-12(10-23)19-15-8-7-11(9-16(15)22(25)26)17-13-5-3-4-6-14(13)18(24)21-20-17/h3-9,12,19,23H,2,10H2,1H3,(H,21,24)/t12-/m1/s1. The summed E-state index contributed by atoms with van der Waals surface area (Å²) >= 11 is 0. The average Bonchev–Trinajstić information content (AvgIpc) is 2.66. The monoisotopic (exact) mass is 354 g/mol. The van der Waals surface area contributed by atoms with Crippen LogP contribution in [0.2, 0.25) is 0 Å². The molecule has 0 bridgehead atoms. The van der Waals surface area contributed by atoms with Crippen molar-refractivity contribution >= 4 is 22.1 Å². The first-order chi connectivity index (χ1) is 12.5. The molecule has 3 rings (SSSR count). The van der Waals surface area contributed by atoms with Gasteiger partial charge in [0.05, 0.1) is 22.6 Å². The molecule has 0 aliphatic carbocycles. The fourth-order valence-electron chi connectivity index (χ4n) is 2.78. The number of anilines is 1. The second kappa shape index (κ2) is 7.32. The summed E-state index contributed by atoms with van der Waals surface area (Å²) in [5, 5.41) is 31.4. The number of hydrogen-bond acceptors (Lipinski definition) is 6. The molecule has 1 heterocycles. The van der Waals surface area contributed by atoms with Crippen molar-refractivity contribution in [2.45, 2.75) is 19.4 Å². The maximum absolute atomic E-state index is 11.9. The van der Waals surface area contributed by atoms with Crippen LogP contribution in [-0.2, 0) is 0 Å². The van der Waals surface area contributed by atoms with Gasteiger partial charge >= 0.3 is 0 Å². The highest BCUT2D eigenvalue weighted by Crippen LogP contribution is 2.32. The zero-order chi connectivity index (χ0) is 18.7. The molecule has 8 nitrogen and oxygen atoms in total. The third kappa shape index (κ3) is 3.27. The lowest BCUT2D eigenvalue weighted by molar-refractivity contribution is -0.383. The number of fused-ring (bicyclic) bond motifs is 1. The van der Waals surface area contributed by atoms with Crippen LogP contribution in [0.25, 0.3) is 22.0 Å². The first-order valence-electron chi connectivity index (χ1n) is 8.18. The largest absolute Gasteiger partial charge is 0.394 e. The van der Waals surface area contributed by atoms with E-state index in [2.05, 4.69) is 15.5 Å². The number of nitro benzene ring substituents is 1. The van der Waals surface area contributed by atoms with E-state index >= 15 is 0 Å². The van der Waals surface area contributed by atoms with Gasteiger partial charge in [-0.15, -0.1) is 0 Å². The van der Waals surface area contributed by atoms with Crippen molar-refractivity contribution in [3.63, 3.8) is 0 Å². The first-order valence-corrected chi connectivity index (χ1v) is 8.18. The molecule has 26 heavy (non-hydrogen) atoms. The van der Waals surface area contributed by atoms with Gasteiger partial charge < -0.3 is 10.4 Å². The Kier molecular flexibility index (Phi) is 4.94. The number of nitro groups is 1. The quantitative estimate of drug-likeness (QED) is 0.462. The molecule has 0 saturated carbocycles. The van der Waals surface area contributed by atoms with E-state index in [-0.39, 0.29) is 23.9 Å². The highest BCUT2D eigenvalue weighted by atomic mass is 16.6. The minimum atomic E-state index is -0.482. The first kappa shape index (κ1) is 17.6. The van der Waals surface area contributed by atoms with Gasteiger partial charge in [0.2, 0.25) is 0 Å². The molecule has 0 amide bonds.